The molecule has 0 saturated carbocycles. The van der Waals surface area contributed by atoms with E-state index in [1.54, 1.807) is 16.4 Å². The van der Waals surface area contributed by atoms with Gasteiger partial charge in [-0.3, -0.25) is 9.10 Å². The number of aryl methyl sites for hydroxylation is 2. The van der Waals surface area contributed by atoms with E-state index in [0.29, 0.717) is 24.3 Å². The number of fused-ring (bicyclic) bond motifs is 1. The van der Waals surface area contributed by atoms with Gasteiger partial charge in [-0.15, -0.1) is 0 Å². The number of ether oxygens (including phenoxy) is 1. The van der Waals surface area contributed by atoms with Crippen molar-refractivity contribution in [3.63, 3.8) is 0 Å². The predicted molar refractivity (Wildman–Crippen MR) is 135 cm³/mol. The van der Waals surface area contributed by atoms with E-state index in [4.69, 9.17) is 4.74 Å². The molecule has 0 amide bonds. The third-order valence-electron chi connectivity index (χ3n) is 6.90. The van der Waals surface area contributed by atoms with Gasteiger partial charge in [-0.2, -0.15) is 0 Å². The summed E-state index contributed by atoms with van der Waals surface area (Å²) in [6, 6.07) is 10.7. The number of carbonyl (C=O) groups excluding carboxylic acids is 1. The number of ketones is 1. The van der Waals surface area contributed by atoms with Crippen LogP contribution in [0, 0.1) is 17.8 Å². The summed E-state index contributed by atoms with van der Waals surface area (Å²) in [4.78, 5) is 12.6. The average Bonchev–Trinajstić information content (AvgIpc) is 2.86. The van der Waals surface area contributed by atoms with Gasteiger partial charge in [0.2, 0.25) is 0 Å². The van der Waals surface area contributed by atoms with E-state index in [2.05, 4.69) is 24.8 Å². The zero-order valence-corrected chi connectivity index (χ0v) is 21.1. The van der Waals surface area contributed by atoms with E-state index in [1.807, 2.05) is 19.1 Å². The first-order chi connectivity index (χ1) is 16.3. The molecule has 2 aromatic rings. The van der Waals surface area contributed by atoms with E-state index in [9.17, 15) is 13.2 Å². The molecule has 0 aromatic heterocycles. The van der Waals surface area contributed by atoms with Crippen LogP contribution in [0.2, 0.25) is 0 Å². The number of sulfonamides is 1. The lowest BCUT2D eigenvalue weighted by atomic mass is 9.94. The number of hydrogen-bond donors (Lipinski definition) is 0. The molecule has 2 aliphatic heterocycles. The number of rotatable bonds is 5. The van der Waals surface area contributed by atoms with Gasteiger partial charge >= 0.3 is 0 Å². The minimum atomic E-state index is -3.85. The summed E-state index contributed by atoms with van der Waals surface area (Å²) < 4.78 is 34.8. The summed E-state index contributed by atoms with van der Waals surface area (Å²) in [5, 5.41) is 0. The first-order valence-electron chi connectivity index (χ1n) is 12.3. The summed E-state index contributed by atoms with van der Waals surface area (Å²) in [7, 11) is -3.85. The fourth-order valence-electron chi connectivity index (χ4n) is 4.83. The molecule has 1 fully saturated rings. The molecule has 1 atom stereocenters. The van der Waals surface area contributed by atoms with Crippen LogP contribution in [0.4, 0.5) is 5.69 Å². The standard InChI is InChI=1S/C28H33NO4S/c1-4-21-7-13-28-24(18-21)9-11-25(5-2)29(28)34(31,32)26-12-10-23(27(19-26)20(3)30)8-6-22-14-16-33-17-15-22/h7,10,12-13,18-19,22,25H,4-5,9,11,14-17H2,1-3H3. The van der Waals surface area contributed by atoms with Crippen LogP contribution in [0.25, 0.3) is 0 Å². The average molecular weight is 480 g/mol. The number of benzene rings is 2. The maximum Gasteiger partial charge on any atom is 0.264 e. The zero-order chi connectivity index (χ0) is 24.3. The van der Waals surface area contributed by atoms with Crippen molar-refractivity contribution in [3.8, 4) is 11.8 Å². The lowest BCUT2D eigenvalue weighted by Gasteiger charge is -2.37. The van der Waals surface area contributed by atoms with Crippen molar-refractivity contribution in [3.05, 3.63) is 58.7 Å². The number of nitrogens with zero attached hydrogens (tertiary/aromatic N) is 1. The smallest absolute Gasteiger partial charge is 0.264 e. The monoisotopic (exact) mass is 479 g/mol. The molecule has 0 radical (unpaired) electrons. The van der Waals surface area contributed by atoms with Crippen molar-refractivity contribution in [1.29, 1.82) is 0 Å². The van der Waals surface area contributed by atoms with Gasteiger partial charge in [0.1, 0.15) is 0 Å². The third kappa shape index (κ3) is 4.92. The van der Waals surface area contributed by atoms with Crippen LogP contribution in [-0.2, 0) is 27.6 Å². The molecule has 1 unspecified atom stereocenters. The Morgan fingerprint density at radius 1 is 1.09 bits per heavy atom. The van der Waals surface area contributed by atoms with Crippen LogP contribution in [0.3, 0.4) is 0 Å². The highest BCUT2D eigenvalue weighted by Crippen LogP contribution is 2.37. The van der Waals surface area contributed by atoms with Crippen LogP contribution < -0.4 is 4.31 Å². The van der Waals surface area contributed by atoms with Crippen molar-refractivity contribution in [1.82, 2.24) is 0 Å². The minimum absolute atomic E-state index is 0.112. The Morgan fingerprint density at radius 3 is 2.53 bits per heavy atom. The Morgan fingerprint density at radius 2 is 1.85 bits per heavy atom. The van der Waals surface area contributed by atoms with Crippen molar-refractivity contribution >= 4 is 21.5 Å². The molecule has 180 valence electrons. The molecule has 5 nitrogen and oxygen atoms in total. The predicted octanol–water partition coefficient (Wildman–Crippen LogP) is 5.15. The fraction of sp³-hybridized carbons (Fsp3) is 0.464. The third-order valence-corrected chi connectivity index (χ3v) is 8.76. The minimum Gasteiger partial charge on any atom is -0.381 e. The topological polar surface area (TPSA) is 63.7 Å². The maximum atomic E-state index is 13.9. The largest absolute Gasteiger partial charge is 0.381 e. The molecule has 6 heteroatoms. The van der Waals surface area contributed by atoms with Crippen molar-refractivity contribution in [2.24, 2.45) is 5.92 Å². The SMILES string of the molecule is CCc1ccc2c(c1)CCC(CC)N2S(=O)(=O)c1ccc(C#CC2CCOCC2)c(C(C)=O)c1. The Bertz CT molecular complexity index is 1230. The van der Waals surface area contributed by atoms with Crippen LogP contribution in [0.1, 0.15) is 73.5 Å². The molecule has 0 N–H and O–H groups in total. The molecule has 34 heavy (non-hydrogen) atoms. The first kappa shape index (κ1) is 24.5. The Kier molecular flexibility index (Phi) is 7.45. The molecule has 2 aromatic carbocycles. The summed E-state index contributed by atoms with van der Waals surface area (Å²) >= 11 is 0. The lowest BCUT2D eigenvalue weighted by Crippen LogP contribution is -2.43. The summed E-state index contributed by atoms with van der Waals surface area (Å²) in [6.45, 7) is 6.98. The van der Waals surface area contributed by atoms with Crippen LogP contribution in [0.15, 0.2) is 41.3 Å². The summed E-state index contributed by atoms with van der Waals surface area (Å²) in [6.07, 6.45) is 5.04. The lowest BCUT2D eigenvalue weighted by molar-refractivity contribution is 0.0807. The Labute approximate surface area is 203 Å². The molecule has 0 aliphatic carbocycles. The molecular formula is C28H33NO4S. The van der Waals surface area contributed by atoms with Gasteiger partial charge in [0.05, 0.1) is 10.6 Å². The van der Waals surface area contributed by atoms with Gasteiger partial charge in [-0.1, -0.05) is 37.8 Å². The van der Waals surface area contributed by atoms with Gasteiger partial charge in [0.15, 0.2) is 5.78 Å². The first-order valence-corrected chi connectivity index (χ1v) is 13.7. The van der Waals surface area contributed by atoms with Gasteiger partial charge in [-0.25, -0.2) is 8.42 Å². The van der Waals surface area contributed by atoms with Crippen LogP contribution in [-0.4, -0.2) is 33.5 Å². The van der Waals surface area contributed by atoms with E-state index >= 15 is 0 Å². The van der Waals surface area contributed by atoms with Gasteiger partial charge in [-0.05, 0) is 80.8 Å². The molecular weight excluding hydrogens is 446 g/mol. The molecule has 0 bridgehead atoms. The normalized spacial score (nSPS) is 18.7. The highest BCUT2D eigenvalue weighted by atomic mass is 32.2. The molecule has 0 spiro atoms. The molecule has 1 saturated heterocycles. The second-order valence-corrected chi connectivity index (χ2v) is 11.0. The zero-order valence-electron chi connectivity index (χ0n) is 20.3. The fourth-order valence-corrected chi connectivity index (χ4v) is 6.64. The second-order valence-electron chi connectivity index (χ2n) is 9.14. The Hall–Kier alpha value is -2.62. The molecule has 4 rings (SSSR count). The maximum absolute atomic E-state index is 13.9. The van der Waals surface area contributed by atoms with Gasteiger partial charge in [0.25, 0.3) is 10.0 Å². The van der Waals surface area contributed by atoms with E-state index < -0.39 is 10.0 Å². The van der Waals surface area contributed by atoms with Gasteiger partial charge < -0.3 is 4.74 Å². The van der Waals surface area contributed by atoms with E-state index in [0.717, 1.165) is 49.8 Å². The van der Waals surface area contributed by atoms with Gasteiger partial charge in [0, 0.05) is 36.3 Å². The number of carbonyl (C=O) groups is 1. The molecule has 2 heterocycles. The Balaban J connectivity index is 1.74. The summed E-state index contributed by atoms with van der Waals surface area (Å²) in [5.74, 6) is 6.44. The number of hydrogen-bond acceptors (Lipinski definition) is 4. The van der Waals surface area contributed by atoms with Crippen LogP contribution >= 0.6 is 0 Å². The van der Waals surface area contributed by atoms with Crippen molar-refractivity contribution < 1.29 is 17.9 Å². The summed E-state index contributed by atoms with van der Waals surface area (Å²) in [5.41, 5.74) is 3.96. The number of Topliss-reactive ketones (excluding diaryl/α,β-unsaturated/α-hetero) is 1. The highest BCUT2D eigenvalue weighted by molar-refractivity contribution is 7.92. The van der Waals surface area contributed by atoms with Crippen LogP contribution in [0.5, 0.6) is 0 Å². The van der Waals surface area contributed by atoms with E-state index in [-0.39, 0.29) is 22.6 Å². The molecule has 2 aliphatic rings. The number of anilines is 1. The second kappa shape index (κ2) is 10.3. The van der Waals surface area contributed by atoms with Crippen molar-refractivity contribution in [2.75, 3.05) is 17.5 Å². The van der Waals surface area contributed by atoms with Crippen molar-refractivity contribution in [2.45, 2.75) is 70.2 Å². The highest BCUT2D eigenvalue weighted by Gasteiger charge is 2.35. The quantitative estimate of drug-likeness (QED) is 0.440. The van der Waals surface area contributed by atoms with E-state index in [1.165, 1.54) is 18.6 Å².